The van der Waals surface area contributed by atoms with Gasteiger partial charge in [0.1, 0.15) is 18.1 Å². The highest BCUT2D eigenvalue weighted by Crippen LogP contribution is 2.19. The number of ketones is 1. The van der Waals surface area contributed by atoms with Crippen LogP contribution in [0.5, 0.6) is 5.75 Å². The Bertz CT molecular complexity index is 991. The van der Waals surface area contributed by atoms with Gasteiger partial charge in [0.05, 0.1) is 22.7 Å². The molecular formula is C22H20ClNO5. The topological polar surface area (TPSA) is 78.6 Å². The third-order valence-corrected chi connectivity index (χ3v) is 4.70. The fraction of sp³-hybridized carbons (Fsp3) is 0.227. The number of nitrogens with zero attached hydrogens (tertiary/aromatic N) is 1. The number of benzene rings is 2. The highest BCUT2D eigenvalue weighted by atomic mass is 35.5. The van der Waals surface area contributed by atoms with Crippen LogP contribution >= 0.6 is 11.6 Å². The first-order chi connectivity index (χ1) is 13.9. The molecule has 0 bridgehead atoms. The predicted molar refractivity (Wildman–Crippen MR) is 107 cm³/mol. The Morgan fingerprint density at radius 2 is 1.79 bits per heavy atom. The van der Waals surface area contributed by atoms with E-state index in [4.69, 9.17) is 25.6 Å². The highest BCUT2D eigenvalue weighted by molar-refractivity contribution is 6.34. The molecule has 0 unspecified atom stereocenters. The lowest BCUT2D eigenvalue weighted by Crippen LogP contribution is -2.16. The van der Waals surface area contributed by atoms with Gasteiger partial charge in [-0.2, -0.15) is 0 Å². The van der Waals surface area contributed by atoms with Crippen LogP contribution in [0.3, 0.4) is 0 Å². The average molecular weight is 414 g/mol. The molecule has 7 heteroatoms. The molecule has 0 aliphatic rings. The van der Waals surface area contributed by atoms with E-state index >= 15 is 0 Å². The van der Waals surface area contributed by atoms with Crippen LogP contribution in [-0.2, 0) is 22.6 Å². The molecule has 0 aliphatic heterocycles. The highest BCUT2D eigenvalue weighted by Gasteiger charge is 2.13. The number of ether oxygens (including phenoxy) is 2. The van der Waals surface area contributed by atoms with Crippen molar-refractivity contribution in [2.45, 2.75) is 26.9 Å². The van der Waals surface area contributed by atoms with Crippen molar-refractivity contribution in [3.63, 3.8) is 0 Å². The average Bonchev–Trinajstić information content (AvgIpc) is 3.03. The molecule has 0 saturated carbocycles. The number of carbonyl (C=O) groups is 2. The molecule has 0 fully saturated rings. The zero-order valence-electron chi connectivity index (χ0n) is 16.1. The first-order valence-corrected chi connectivity index (χ1v) is 9.38. The molecule has 0 spiro atoms. The minimum absolute atomic E-state index is 0.0555. The Morgan fingerprint density at radius 1 is 1.07 bits per heavy atom. The van der Waals surface area contributed by atoms with Crippen LogP contribution in [-0.4, -0.2) is 23.5 Å². The van der Waals surface area contributed by atoms with E-state index in [9.17, 15) is 9.59 Å². The number of aryl methyl sites for hydroxylation is 2. The number of rotatable bonds is 8. The van der Waals surface area contributed by atoms with Gasteiger partial charge in [0.15, 0.2) is 6.61 Å². The van der Waals surface area contributed by atoms with E-state index in [0.717, 1.165) is 22.6 Å². The van der Waals surface area contributed by atoms with Crippen LogP contribution in [0.15, 0.2) is 53.1 Å². The second kappa shape index (κ2) is 9.39. The van der Waals surface area contributed by atoms with Crippen LogP contribution < -0.4 is 4.74 Å². The van der Waals surface area contributed by atoms with Crippen LogP contribution in [0.2, 0.25) is 5.02 Å². The lowest BCUT2D eigenvalue weighted by molar-refractivity contribution is -0.141. The van der Waals surface area contributed by atoms with Crippen molar-refractivity contribution >= 4 is 23.4 Å². The normalized spacial score (nSPS) is 10.6. The second-order valence-corrected chi connectivity index (χ2v) is 6.88. The fourth-order valence-corrected chi connectivity index (χ4v) is 2.94. The summed E-state index contributed by atoms with van der Waals surface area (Å²) < 4.78 is 15.9. The molecule has 0 N–H and O–H groups in total. The quantitative estimate of drug-likeness (QED) is 0.400. The Hall–Kier alpha value is -3.12. The van der Waals surface area contributed by atoms with Crippen molar-refractivity contribution in [3.8, 4) is 5.75 Å². The number of halogens is 1. The number of aromatic nitrogens is 1. The van der Waals surface area contributed by atoms with Gasteiger partial charge in [0.25, 0.3) is 0 Å². The molecule has 1 aromatic heterocycles. The first-order valence-electron chi connectivity index (χ1n) is 9.01. The van der Waals surface area contributed by atoms with Gasteiger partial charge in [-0.25, -0.2) is 0 Å². The maximum absolute atomic E-state index is 12.1. The van der Waals surface area contributed by atoms with E-state index in [1.165, 1.54) is 0 Å². The summed E-state index contributed by atoms with van der Waals surface area (Å²) in [6.07, 6.45) is 0.0555. The fourth-order valence-electron chi connectivity index (χ4n) is 2.70. The molecular weight excluding hydrogens is 394 g/mol. The molecule has 0 aliphatic carbocycles. The summed E-state index contributed by atoms with van der Waals surface area (Å²) in [4.78, 5) is 24.1. The molecule has 29 heavy (non-hydrogen) atoms. The molecule has 1 heterocycles. The van der Waals surface area contributed by atoms with Gasteiger partial charge in [-0.3, -0.25) is 9.59 Å². The van der Waals surface area contributed by atoms with Crippen molar-refractivity contribution in [2.24, 2.45) is 0 Å². The number of esters is 1. The Labute approximate surface area is 173 Å². The molecule has 0 atom stereocenters. The Kier molecular flexibility index (Phi) is 6.67. The van der Waals surface area contributed by atoms with Gasteiger partial charge in [-0.15, -0.1) is 0 Å². The molecule has 0 amide bonds. The third-order valence-electron chi connectivity index (χ3n) is 4.37. The van der Waals surface area contributed by atoms with Gasteiger partial charge < -0.3 is 14.0 Å². The Morgan fingerprint density at radius 3 is 2.45 bits per heavy atom. The lowest BCUT2D eigenvalue weighted by Gasteiger charge is -2.08. The summed E-state index contributed by atoms with van der Waals surface area (Å²) in [5.74, 6) is 0.561. The summed E-state index contributed by atoms with van der Waals surface area (Å²) in [5, 5.41) is 4.23. The molecule has 6 nitrogen and oxygen atoms in total. The number of carbonyl (C=O) groups excluding carboxylic acids is 2. The largest absolute Gasteiger partial charge is 0.489 e. The third kappa shape index (κ3) is 5.45. The minimum Gasteiger partial charge on any atom is -0.489 e. The van der Waals surface area contributed by atoms with Crippen LogP contribution in [0.4, 0.5) is 0 Å². The van der Waals surface area contributed by atoms with Crippen molar-refractivity contribution < 1.29 is 23.6 Å². The predicted octanol–water partition coefficient (Wildman–Crippen LogP) is 4.49. The monoisotopic (exact) mass is 413 g/mol. The SMILES string of the molecule is Cc1noc(C)c1COc1ccc(CC(=O)OCC(=O)c2ccccc2Cl)cc1. The van der Waals surface area contributed by atoms with Crippen molar-refractivity contribution in [3.05, 3.63) is 81.7 Å². The van der Waals surface area contributed by atoms with Crippen molar-refractivity contribution in [1.29, 1.82) is 0 Å². The molecule has 3 aromatic rings. The molecule has 3 rings (SSSR count). The summed E-state index contributed by atoms with van der Waals surface area (Å²) in [6.45, 7) is 3.71. The number of Topliss-reactive ketones (excluding diaryl/α,β-unsaturated/α-hetero) is 1. The second-order valence-electron chi connectivity index (χ2n) is 6.48. The van der Waals surface area contributed by atoms with Gasteiger partial charge in [-0.1, -0.05) is 41.0 Å². The van der Waals surface area contributed by atoms with E-state index in [-0.39, 0.29) is 18.8 Å². The van der Waals surface area contributed by atoms with Gasteiger partial charge >= 0.3 is 5.97 Å². The van der Waals surface area contributed by atoms with E-state index in [2.05, 4.69) is 5.16 Å². The van der Waals surface area contributed by atoms with Crippen LogP contribution in [0, 0.1) is 13.8 Å². The van der Waals surface area contributed by atoms with E-state index in [0.29, 0.717) is 22.9 Å². The zero-order chi connectivity index (χ0) is 20.8. The standard InChI is InChI=1S/C22H20ClNO5/c1-14-19(15(2)29-24-14)12-27-17-9-7-16(8-10-17)11-22(26)28-13-21(25)18-5-3-4-6-20(18)23/h3-10H,11-13H2,1-2H3. The van der Waals surface area contributed by atoms with Crippen molar-refractivity contribution in [1.82, 2.24) is 5.16 Å². The molecule has 0 radical (unpaired) electrons. The van der Waals surface area contributed by atoms with Gasteiger partial charge in [0.2, 0.25) is 5.78 Å². The smallest absolute Gasteiger partial charge is 0.310 e. The number of hydrogen-bond acceptors (Lipinski definition) is 6. The zero-order valence-corrected chi connectivity index (χ0v) is 16.9. The maximum Gasteiger partial charge on any atom is 0.310 e. The van der Waals surface area contributed by atoms with E-state index in [1.54, 1.807) is 48.5 Å². The molecule has 150 valence electrons. The van der Waals surface area contributed by atoms with Gasteiger partial charge in [-0.05, 0) is 43.7 Å². The summed E-state index contributed by atoms with van der Waals surface area (Å²) in [5.41, 5.74) is 2.81. The van der Waals surface area contributed by atoms with E-state index in [1.807, 2.05) is 13.8 Å². The maximum atomic E-state index is 12.1. The number of hydrogen-bond donors (Lipinski definition) is 0. The lowest BCUT2D eigenvalue weighted by atomic mass is 10.1. The Balaban J connectivity index is 1.48. The van der Waals surface area contributed by atoms with Crippen molar-refractivity contribution in [2.75, 3.05) is 6.61 Å². The minimum atomic E-state index is -0.491. The molecule has 0 saturated heterocycles. The van der Waals surface area contributed by atoms with Crippen LogP contribution in [0.25, 0.3) is 0 Å². The van der Waals surface area contributed by atoms with Gasteiger partial charge in [0, 0.05) is 5.56 Å². The molecule has 2 aromatic carbocycles. The van der Waals surface area contributed by atoms with Crippen LogP contribution in [0.1, 0.15) is 32.9 Å². The first kappa shape index (κ1) is 20.6. The van der Waals surface area contributed by atoms with E-state index < -0.39 is 5.97 Å². The summed E-state index contributed by atoms with van der Waals surface area (Å²) in [7, 11) is 0. The summed E-state index contributed by atoms with van der Waals surface area (Å²) >= 11 is 5.97. The summed E-state index contributed by atoms with van der Waals surface area (Å²) in [6, 6.07) is 13.7.